The van der Waals surface area contributed by atoms with Gasteiger partial charge in [0.1, 0.15) is 17.4 Å². The molecular formula is C30H23NO3. The zero-order chi connectivity index (χ0) is 23.3. The first-order valence-corrected chi connectivity index (χ1v) is 11.2. The number of amides is 1. The van der Waals surface area contributed by atoms with Crippen molar-refractivity contribution in [1.82, 2.24) is 4.90 Å². The summed E-state index contributed by atoms with van der Waals surface area (Å²) >= 11 is 0. The van der Waals surface area contributed by atoms with Gasteiger partial charge < -0.3 is 9.32 Å². The van der Waals surface area contributed by atoms with Crippen LogP contribution < -0.4 is 5.43 Å². The standard InChI is InChI=1S/C30H23NO3/c32-29-26-13-7-8-14-28(26)34-21-27(29)30(33)31(19-22-9-3-1-4-10-22)20-23-15-17-25(18-16-23)24-11-5-2-6-12-24/h1-18,21H,19-20H2. The van der Waals surface area contributed by atoms with Gasteiger partial charge in [-0.05, 0) is 34.4 Å². The van der Waals surface area contributed by atoms with Crippen LogP contribution in [0.3, 0.4) is 0 Å². The molecule has 0 bridgehead atoms. The molecule has 1 amide bonds. The van der Waals surface area contributed by atoms with E-state index < -0.39 is 0 Å². The second-order valence-electron chi connectivity index (χ2n) is 8.18. The second kappa shape index (κ2) is 9.59. The highest BCUT2D eigenvalue weighted by Crippen LogP contribution is 2.21. The van der Waals surface area contributed by atoms with E-state index in [1.165, 1.54) is 6.26 Å². The van der Waals surface area contributed by atoms with Gasteiger partial charge in [0.25, 0.3) is 5.91 Å². The van der Waals surface area contributed by atoms with Crippen LogP contribution in [0.1, 0.15) is 21.5 Å². The van der Waals surface area contributed by atoms with Gasteiger partial charge in [0.15, 0.2) is 0 Å². The summed E-state index contributed by atoms with van der Waals surface area (Å²) in [5, 5.41) is 0.403. The molecule has 0 radical (unpaired) electrons. The molecule has 0 fully saturated rings. The molecule has 5 aromatic rings. The molecule has 5 rings (SSSR count). The Bertz CT molecular complexity index is 1470. The van der Waals surface area contributed by atoms with E-state index in [2.05, 4.69) is 24.3 Å². The van der Waals surface area contributed by atoms with Gasteiger partial charge in [-0.25, -0.2) is 0 Å². The third-order valence-corrected chi connectivity index (χ3v) is 5.85. The van der Waals surface area contributed by atoms with Gasteiger partial charge in [-0.1, -0.05) is 97.1 Å². The van der Waals surface area contributed by atoms with Gasteiger partial charge in [-0.2, -0.15) is 0 Å². The summed E-state index contributed by atoms with van der Waals surface area (Å²) in [5.41, 5.74) is 4.41. The van der Waals surface area contributed by atoms with E-state index in [-0.39, 0.29) is 16.9 Å². The Morgan fingerprint density at radius 2 is 1.21 bits per heavy atom. The molecule has 166 valence electrons. The first kappa shape index (κ1) is 21.4. The lowest BCUT2D eigenvalue weighted by Crippen LogP contribution is -2.33. The molecule has 0 spiro atoms. The number of nitrogens with zero attached hydrogens (tertiary/aromatic N) is 1. The second-order valence-corrected chi connectivity index (χ2v) is 8.18. The molecule has 0 N–H and O–H groups in total. The summed E-state index contributed by atoms with van der Waals surface area (Å²) < 4.78 is 5.61. The molecule has 0 aliphatic carbocycles. The predicted molar refractivity (Wildman–Crippen MR) is 134 cm³/mol. The Kier molecular flexibility index (Phi) is 6.04. The van der Waals surface area contributed by atoms with Crippen LogP contribution in [0.4, 0.5) is 0 Å². The van der Waals surface area contributed by atoms with E-state index >= 15 is 0 Å². The van der Waals surface area contributed by atoms with Crippen LogP contribution in [0.2, 0.25) is 0 Å². The molecule has 1 heterocycles. The van der Waals surface area contributed by atoms with Gasteiger partial charge in [-0.15, -0.1) is 0 Å². The fraction of sp³-hybridized carbons (Fsp3) is 0.0667. The summed E-state index contributed by atoms with van der Waals surface area (Å²) in [7, 11) is 0. The van der Waals surface area contributed by atoms with E-state index in [0.29, 0.717) is 24.1 Å². The minimum Gasteiger partial charge on any atom is -0.463 e. The molecule has 0 atom stereocenters. The van der Waals surface area contributed by atoms with Crippen molar-refractivity contribution in [3.05, 3.63) is 142 Å². The largest absolute Gasteiger partial charge is 0.463 e. The number of para-hydroxylation sites is 1. The normalized spacial score (nSPS) is 10.8. The maximum absolute atomic E-state index is 13.6. The van der Waals surface area contributed by atoms with Crippen molar-refractivity contribution >= 4 is 16.9 Å². The smallest absolute Gasteiger partial charge is 0.261 e. The van der Waals surface area contributed by atoms with E-state index in [9.17, 15) is 9.59 Å². The van der Waals surface area contributed by atoms with Crippen LogP contribution >= 0.6 is 0 Å². The summed E-state index contributed by atoms with van der Waals surface area (Å²) in [4.78, 5) is 28.3. The van der Waals surface area contributed by atoms with Crippen molar-refractivity contribution in [3.8, 4) is 11.1 Å². The average molecular weight is 446 g/mol. The highest BCUT2D eigenvalue weighted by Gasteiger charge is 2.21. The van der Waals surface area contributed by atoms with Crippen LogP contribution in [0.15, 0.2) is 125 Å². The van der Waals surface area contributed by atoms with Crippen LogP contribution in [0.5, 0.6) is 0 Å². The highest BCUT2D eigenvalue weighted by atomic mass is 16.3. The Morgan fingerprint density at radius 3 is 1.91 bits per heavy atom. The van der Waals surface area contributed by atoms with Gasteiger partial charge in [-0.3, -0.25) is 9.59 Å². The van der Waals surface area contributed by atoms with E-state index in [4.69, 9.17) is 4.42 Å². The Balaban J connectivity index is 1.47. The number of benzene rings is 4. The monoisotopic (exact) mass is 445 g/mol. The van der Waals surface area contributed by atoms with Gasteiger partial charge in [0.2, 0.25) is 5.43 Å². The third-order valence-electron chi connectivity index (χ3n) is 5.85. The number of carbonyl (C=O) groups is 1. The number of fused-ring (bicyclic) bond motifs is 1. The lowest BCUT2D eigenvalue weighted by molar-refractivity contribution is 0.0726. The molecule has 0 unspecified atom stereocenters. The zero-order valence-corrected chi connectivity index (χ0v) is 18.6. The summed E-state index contributed by atoms with van der Waals surface area (Å²) in [6, 6.07) is 35.1. The predicted octanol–water partition coefficient (Wildman–Crippen LogP) is 6.30. The Hall–Kier alpha value is -4.44. The number of hydrogen-bond acceptors (Lipinski definition) is 3. The average Bonchev–Trinajstić information content (AvgIpc) is 2.90. The van der Waals surface area contributed by atoms with Crippen molar-refractivity contribution in [3.63, 3.8) is 0 Å². The van der Waals surface area contributed by atoms with Crippen LogP contribution in [0.25, 0.3) is 22.1 Å². The molecule has 4 heteroatoms. The maximum Gasteiger partial charge on any atom is 0.261 e. The van der Waals surface area contributed by atoms with Gasteiger partial charge >= 0.3 is 0 Å². The first-order chi connectivity index (χ1) is 16.7. The van der Waals surface area contributed by atoms with Crippen LogP contribution in [-0.4, -0.2) is 10.8 Å². The molecule has 0 saturated heterocycles. The summed E-state index contributed by atoms with van der Waals surface area (Å²) in [5.74, 6) is -0.351. The van der Waals surface area contributed by atoms with Gasteiger partial charge in [0.05, 0.1) is 5.39 Å². The molecule has 4 aromatic carbocycles. The van der Waals surface area contributed by atoms with Crippen LogP contribution in [-0.2, 0) is 13.1 Å². The van der Waals surface area contributed by atoms with Crippen molar-refractivity contribution in [2.75, 3.05) is 0 Å². The minimum atomic E-state index is -0.351. The molecule has 0 saturated carbocycles. The number of carbonyl (C=O) groups excluding carboxylic acids is 1. The lowest BCUT2D eigenvalue weighted by Gasteiger charge is -2.23. The first-order valence-electron chi connectivity index (χ1n) is 11.2. The van der Waals surface area contributed by atoms with E-state index in [0.717, 1.165) is 22.3 Å². The molecule has 34 heavy (non-hydrogen) atoms. The van der Waals surface area contributed by atoms with Crippen molar-refractivity contribution in [2.45, 2.75) is 13.1 Å². The summed E-state index contributed by atoms with van der Waals surface area (Å²) in [6.45, 7) is 0.751. The third kappa shape index (κ3) is 4.52. The summed E-state index contributed by atoms with van der Waals surface area (Å²) in [6.07, 6.45) is 1.28. The van der Waals surface area contributed by atoms with Crippen LogP contribution in [0, 0.1) is 0 Å². The van der Waals surface area contributed by atoms with Crippen molar-refractivity contribution in [1.29, 1.82) is 0 Å². The maximum atomic E-state index is 13.6. The van der Waals surface area contributed by atoms with Crippen molar-refractivity contribution in [2.24, 2.45) is 0 Å². The topological polar surface area (TPSA) is 50.5 Å². The molecular weight excluding hydrogens is 422 g/mol. The Labute approximate surface area is 197 Å². The highest BCUT2D eigenvalue weighted by molar-refractivity contribution is 5.96. The quantitative estimate of drug-likeness (QED) is 0.308. The van der Waals surface area contributed by atoms with Crippen molar-refractivity contribution < 1.29 is 9.21 Å². The fourth-order valence-corrected chi connectivity index (χ4v) is 4.05. The molecule has 0 aliphatic rings. The zero-order valence-electron chi connectivity index (χ0n) is 18.6. The lowest BCUT2D eigenvalue weighted by atomic mass is 10.0. The Morgan fingerprint density at radius 1 is 0.647 bits per heavy atom. The molecule has 1 aromatic heterocycles. The fourth-order valence-electron chi connectivity index (χ4n) is 4.05. The minimum absolute atomic E-state index is 0.0375. The van der Waals surface area contributed by atoms with E-state index in [1.54, 1.807) is 29.2 Å². The van der Waals surface area contributed by atoms with E-state index in [1.807, 2.05) is 60.7 Å². The molecule has 4 nitrogen and oxygen atoms in total. The molecule has 0 aliphatic heterocycles. The number of hydrogen-bond donors (Lipinski definition) is 0. The number of rotatable bonds is 6. The van der Waals surface area contributed by atoms with Gasteiger partial charge in [0, 0.05) is 13.1 Å². The SMILES string of the molecule is O=C(c1coc2ccccc2c1=O)N(Cc1ccccc1)Cc1ccc(-c2ccccc2)cc1.